The maximum atomic E-state index is 12.5. The number of alkyl halides is 3. The molecule has 0 radical (unpaired) electrons. The van der Waals surface area contributed by atoms with Crippen molar-refractivity contribution in [3.63, 3.8) is 0 Å². The quantitative estimate of drug-likeness (QED) is 0.802. The molecule has 19 heavy (non-hydrogen) atoms. The largest absolute Gasteiger partial charge is 0.405 e. The van der Waals surface area contributed by atoms with Crippen molar-refractivity contribution in [2.24, 2.45) is 0 Å². The third kappa shape index (κ3) is 5.78. The Balaban J connectivity index is 2.83. The van der Waals surface area contributed by atoms with Gasteiger partial charge in [0.05, 0.1) is 6.61 Å². The molecular weight excluding hydrogens is 259 g/mol. The van der Waals surface area contributed by atoms with Crippen LogP contribution in [0.1, 0.15) is 13.3 Å². The molecule has 0 saturated heterocycles. The van der Waals surface area contributed by atoms with E-state index in [2.05, 4.69) is 10.3 Å². The molecule has 0 atom stereocenters. The van der Waals surface area contributed by atoms with Crippen molar-refractivity contribution < 1.29 is 18.3 Å². The van der Waals surface area contributed by atoms with Crippen molar-refractivity contribution in [3.05, 3.63) is 18.2 Å². The van der Waals surface area contributed by atoms with Crippen LogP contribution in [0.2, 0.25) is 0 Å². The molecular formula is C12H18F3N3O. The van der Waals surface area contributed by atoms with E-state index in [1.54, 1.807) is 12.1 Å². The maximum Gasteiger partial charge on any atom is 0.405 e. The number of aliphatic hydroxyl groups excluding tert-OH is 1. The van der Waals surface area contributed by atoms with Crippen molar-refractivity contribution >= 4 is 11.6 Å². The van der Waals surface area contributed by atoms with Gasteiger partial charge in [-0.15, -0.1) is 0 Å². The lowest BCUT2D eigenvalue weighted by atomic mass is 10.3. The molecule has 0 amide bonds. The van der Waals surface area contributed by atoms with E-state index in [9.17, 15) is 13.2 Å². The Labute approximate surface area is 110 Å². The minimum absolute atomic E-state index is 0.107. The van der Waals surface area contributed by atoms with Crippen molar-refractivity contribution in [2.75, 3.05) is 36.5 Å². The predicted octanol–water partition coefficient (Wildman–Crippen LogP) is 2.26. The van der Waals surface area contributed by atoms with E-state index >= 15 is 0 Å². The van der Waals surface area contributed by atoms with E-state index in [1.807, 2.05) is 6.92 Å². The van der Waals surface area contributed by atoms with Gasteiger partial charge in [0.1, 0.15) is 18.2 Å². The Hall–Kier alpha value is -1.50. The van der Waals surface area contributed by atoms with Crippen LogP contribution in [0, 0.1) is 0 Å². The molecule has 1 aromatic heterocycles. The van der Waals surface area contributed by atoms with E-state index in [-0.39, 0.29) is 19.0 Å². The molecule has 0 aromatic carbocycles. The Morgan fingerprint density at radius 2 is 2.11 bits per heavy atom. The molecule has 108 valence electrons. The zero-order chi connectivity index (χ0) is 14.3. The first kappa shape index (κ1) is 15.6. The fourth-order valence-corrected chi connectivity index (χ4v) is 1.56. The fourth-order valence-electron chi connectivity index (χ4n) is 1.56. The van der Waals surface area contributed by atoms with E-state index in [4.69, 9.17) is 5.11 Å². The fraction of sp³-hybridized carbons (Fsp3) is 0.583. The van der Waals surface area contributed by atoms with Crippen LogP contribution in [-0.2, 0) is 0 Å². The number of halogens is 3. The number of pyridine rings is 1. The van der Waals surface area contributed by atoms with Crippen LogP contribution in [0.3, 0.4) is 0 Å². The zero-order valence-corrected chi connectivity index (χ0v) is 10.7. The second-order valence-corrected chi connectivity index (χ2v) is 4.07. The van der Waals surface area contributed by atoms with Gasteiger partial charge >= 0.3 is 6.18 Å². The van der Waals surface area contributed by atoms with Gasteiger partial charge in [0.2, 0.25) is 0 Å². The summed E-state index contributed by atoms with van der Waals surface area (Å²) in [4.78, 5) is 5.13. The minimum Gasteiger partial charge on any atom is -0.395 e. The second kappa shape index (κ2) is 7.18. The highest BCUT2D eigenvalue weighted by atomic mass is 19.4. The molecule has 0 aliphatic heterocycles. The highest BCUT2D eigenvalue weighted by molar-refractivity contribution is 5.47. The molecule has 1 rings (SSSR count). The summed E-state index contributed by atoms with van der Waals surface area (Å²) >= 11 is 0. The van der Waals surface area contributed by atoms with Crippen molar-refractivity contribution in [3.8, 4) is 0 Å². The summed E-state index contributed by atoms with van der Waals surface area (Å²) in [5.74, 6) is 0.733. The smallest absolute Gasteiger partial charge is 0.395 e. The molecule has 0 bridgehead atoms. The van der Waals surface area contributed by atoms with Crippen molar-refractivity contribution in [2.45, 2.75) is 19.5 Å². The molecule has 1 aromatic rings. The number of nitrogens with zero attached hydrogens (tertiary/aromatic N) is 2. The Bertz CT molecular complexity index is 385. The highest BCUT2D eigenvalue weighted by Crippen LogP contribution is 2.21. The van der Waals surface area contributed by atoms with E-state index < -0.39 is 12.7 Å². The lowest BCUT2D eigenvalue weighted by molar-refractivity contribution is -0.119. The topological polar surface area (TPSA) is 48.4 Å². The highest BCUT2D eigenvalue weighted by Gasteiger charge is 2.31. The molecule has 2 N–H and O–H groups in total. The number of anilines is 2. The SMILES string of the molecule is CCCNc1cccc(N(CCO)CC(F)(F)F)n1. The van der Waals surface area contributed by atoms with Gasteiger partial charge in [0.15, 0.2) is 0 Å². The van der Waals surface area contributed by atoms with Gasteiger partial charge in [-0.2, -0.15) is 13.2 Å². The Morgan fingerprint density at radius 3 is 2.68 bits per heavy atom. The first-order valence-electron chi connectivity index (χ1n) is 6.09. The van der Waals surface area contributed by atoms with Gasteiger partial charge in [-0.3, -0.25) is 0 Å². The maximum absolute atomic E-state index is 12.5. The van der Waals surface area contributed by atoms with Gasteiger partial charge in [0.25, 0.3) is 0 Å². The average molecular weight is 277 g/mol. The van der Waals surface area contributed by atoms with Crippen LogP contribution < -0.4 is 10.2 Å². The second-order valence-electron chi connectivity index (χ2n) is 4.07. The molecule has 0 saturated carbocycles. The van der Waals surface area contributed by atoms with Gasteiger partial charge in [-0.05, 0) is 18.6 Å². The van der Waals surface area contributed by atoms with Crippen LogP contribution in [-0.4, -0.2) is 42.5 Å². The Kier molecular flexibility index (Phi) is 5.88. The van der Waals surface area contributed by atoms with E-state index in [1.165, 1.54) is 6.07 Å². The predicted molar refractivity (Wildman–Crippen MR) is 68.4 cm³/mol. The summed E-state index contributed by atoms with van der Waals surface area (Å²) in [5, 5.41) is 11.9. The van der Waals surface area contributed by atoms with Gasteiger partial charge < -0.3 is 15.3 Å². The molecule has 0 fully saturated rings. The van der Waals surface area contributed by atoms with Crippen LogP contribution in [0.4, 0.5) is 24.8 Å². The number of hydrogen-bond donors (Lipinski definition) is 2. The summed E-state index contributed by atoms with van der Waals surface area (Å²) in [6.45, 7) is 1.10. The summed E-state index contributed by atoms with van der Waals surface area (Å²) in [5.41, 5.74) is 0. The van der Waals surface area contributed by atoms with Crippen LogP contribution >= 0.6 is 0 Å². The van der Waals surface area contributed by atoms with Crippen LogP contribution in [0.5, 0.6) is 0 Å². The molecule has 4 nitrogen and oxygen atoms in total. The van der Waals surface area contributed by atoms with Crippen LogP contribution in [0.15, 0.2) is 18.2 Å². The van der Waals surface area contributed by atoms with E-state index in [0.29, 0.717) is 12.4 Å². The number of rotatable bonds is 7. The summed E-state index contributed by atoms with van der Waals surface area (Å²) < 4.78 is 37.4. The van der Waals surface area contributed by atoms with Crippen LogP contribution in [0.25, 0.3) is 0 Å². The van der Waals surface area contributed by atoms with Crippen molar-refractivity contribution in [1.82, 2.24) is 4.98 Å². The van der Waals surface area contributed by atoms with Gasteiger partial charge in [-0.25, -0.2) is 4.98 Å². The third-order valence-electron chi connectivity index (χ3n) is 2.35. The van der Waals surface area contributed by atoms with Gasteiger partial charge in [0, 0.05) is 13.1 Å². The first-order valence-corrected chi connectivity index (χ1v) is 6.09. The Morgan fingerprint density at radius 1 is 1.37 bits per heavy atom. The number of hydrogen-bond acceptors (Lipinski definition) is 4. The summed E-state index contributed by atoms with van der Waals surface area (Å²) in [7, 11) is 0. The molecule has 0 unspecified atom stereocenters. The van der Waals surface area contributed by atoms with E-state index in [0.717, 1.165) is 11.3 Å². The summed E-state index contributed by atoms with van der Waals surface area (Å²) in [6, 6.07) is 4.84. The monoisotopic (exact) mass is 277 g/mol. The van der Waals surface area contributed by atoms with Gasteiger partial charge in [-0.1, -0.05) is 13.0 Å². The summed E-state index contributed by atoms with van der Waals surface area (Å²) in [6.07, 6.45) is -3.43. The number of aromatic nitrogens is 1. The first-order chi connectivity index (χ1) is 8.96. The zero-order valence-electron chi connectivity index (χ0n) is 10.7. The van der Waals surface area contributed by atoms with Crippen molar-refractivity contribution in [1.29, 1.82) is 0 Å². The molecule has 0 spiro atoms. The molecule has 0 aliphatic carbocycles. The lowest BCUT2D eigenvalue weighted by Gasteiger charge is -2.24. The molecule has 0 aliphatic rings. The standard InChI is InChI=1S/C12H18F3N3O/c1-2-6-16-10-4-3-5-11(17-10)18(7-8-19)9-12(13,14)15/h3-5,19H,2,6-9H2,1H3,(H,16,17). The lowest BCUT2D eigenvalue weighted by Crippen LogP contribution is -2.36. The molecule has 7 heteroatoms. The average Bonchev–Trinajstić information content (AvgIpc) is 2.35. The number of aliphatic hydroxyl groups is 1. The normalized spacial score (nSPS) is 11.4. The molecule has 1 heterocycles. The minimum atomic E-state index is -4.33. The number of nitrogens with one attached hydrogen (secondary N) is 1. The third-order valence-corrected chi connectivity index (χ3v) is 2.35.